The van der Waals surface area contributed by atoms with Gasteiger partial charge in [0.1, 0.15) is 0 Å². The average Bonchev–Trinajstić information content (AvgIpc) is 3.07. The van der Waals surface area contributed by atoms with Crippen molar-refractivity contribution >= 4 is 56.1 Å². The standard InChI is InChI=1S/C24H16SSe/c1-2-10-20(11-3-1)26-24-21-12-6-7-13-22(21)25-23(24)19-15-14-17-8-4-5-9-18(17)16-19/h1-16H. The van der Waals surface area contributed by atoms with Gasteiger partial charge in [-0.25, -0.2) is 0 Å². The van der Waals surface area contributed by atoms with Gasteiger partial charge in [-0.15, -0.1) is 0 Å². The Hall–Kier alpha value is -2.38. The first-order valence-electron chi connectivity index (χ1n) is 8.62. The zero-order valence-electron chi connectivity index (χ0n) is 14.1. The molecule has 1 aromatic heterocycles. The third-order valence-corrected chi connectivity index (χ3v) is 8.42. The summed E-state index contributed by atoms with van der Waals surface area (Å²) in [6.45, 7) is 0. The van der Waals surface area contributed by atoms with Crippen LogP contribution in [-0.2, 0) is 0 Å². The van der Waals surface area contributed by atoms with Crippen molar-refractivity contribution in [2.24, 2.45) is 0 Å². The van der Waals surface area contributed by atoms with Gasteiger partial charge in [0.25, 0.3) is 0 Å². The van der Waals surface area contributed by atoms with E-state index in [4.69, 9.17) is 0 Å². The SMILES string of the molecule is c1ccc([Se]c2c(-c3ccc4ccccc4c3)sc3ccccc23)cc1. The Balaban J connectivity index is 1.72. The molecule has 0 spiro atoms. The van der Waals surface area contributed by atoms with E-state index in [-0.39, 0.29) is 0 Å². The number of hydrogen-bond acceptors (Lipinski definition) is 1. The van der Waals surface area contributed by atoms with Crippen LogP contribution in [0.1, 0.15) is 0 Å². The monoisotopic (exact) mass is 416 g/mol. The second kappa shape index (κ2) is 6.74. The molecule has 0 aliphatic rings. The fourth-order valence-electron chi connectivity index (χ4n) is 3.25. The average molecular weight is 415 g/mol. The van der Waals surface area contributed by atoms with Crippen LogP contribution in [0, 0.1) is 0 Å². The Labute approximate surface area is 163 Å². The Bertz CT molecular complexity index is 1200. The van der Waals surface area contributed by atoms with Crippen LogP contribution < -0.4 is 8.92 Å². The molecular formula is C24H16SSe. The molecule has 0 fully saturated rings. The van der Waals surface area contributed by atoms with Gasteiger partial charge in [-0.1, -0.05) is 0 Å². The van der Waals surface area contributed by atoms with Crippen molar-refractivity contribution in [2.45, 2.75) is 0 Å². The summed E-state index contributed by atoms with van der Waals surface area (Å²) in [6, 6.07) is 35.1. The molecule has 0 unspecified atom stereocenters. The minimum absolute atomic E-state index is 0.293. The molecule has 26 heavy (non-hydrogen) atoms. The van der Waals surface area contributed by atoms with E-state index in [1.54, 1.807) is 0 Å². The van der Waals surface area contributed by atoms with Crippen molar-refractivity contribution in [3.05, 3.63) is 97.1 Å². The summed E-state index contributed by atoms with van der Waals surface area (Å²) in [5.74, 6) is 0. The van der Waals surface area contributed by atoms with E-state index in [1.807, 2.05) is 11.3 Å². The topological polar surface area (TPSA) is 0 Å². The summed E-state index contributed by atoms with van der Waals surface area (Å²) in [4.78, 5) is 1.42. The molecule has 0 aliphatic heterocycles. The number of thiophene rings is 1. The van der Waals surface area contributed by atoms with Crippen molar-refractivity contribution in [1.82, 2.24) is 0 Å². The van der Waals surface area contributed by atoms with E-state index in [2.05, 4.69) is 97.1 Å². The number of fused-ring (bicyclic) bond motifs is 2. The van der Waals surface area contributed by atoms with Gasteiger partial charge in [0.15, 0.2) is 0 Å². The summed E-state index contributed by atoms with van der Waals surface area (Å²) in [5, 5.41) is 4.01. The zero-order chi connectivity index (χ0) is 17.3. The van der Waals surface area contributed by atoms with Gasteiger partial charge in [-0.2, -0.15) is 0 Å². The zero-order valence-corrected chi connectivity index (χ0v) is 16.6. The van der Waals surface area contributed by atoms with Crippen molar-refractivity contribution < 1.29 is 0 Å². The van der Waals surface area contributed by atoms with Crippen molar-refractivity contribution in [3.8, 4) is 10.4 Å². The van der Waals surface area contributed by atoms with Gasteiger partial charge in [-0.05, 0) is 0 Å². The second-order valence-electron chi connectivity index (χ2n) is 6.23. The molecule has 124 valence electrons. The van der Waals surface area contributed by atoms with Gasteiger partial charge in [-0.3, -0.25) is 0 Å². The molecule has 0 aliphatic carbocycles. The Morgan fingerprint density at radius 1 is 0.615 bits per heavy atom. The van der Waals surface area contributed by atoms with Crippen LogP contribution in [0.15, 0.2) is 97.1 Å². The van der Waals surface area contributed by atoms with Crippen molar-refractivity contribution in [2.75, 3.05) is 0 Å². The van der Waals surface area contributed by atoms with Crippen LogP contribution in [0.4, 0.5) is 0 Å². The van der Waals surface area contributed by atoms with Crippen LogP contribution >= 0.6 is 11.3 Å². The van der Waals surface area contributed by atoms with Gasteiger partial charge in [0.2, 0.25) is 0 Å². The minimum atomic E-state index is 0.293. The van der Waals surface area contributed by atoms with E-state index in [1.165, 1.54) is 40.2 Å². The van der Waals surface area contributed by atoms with Crippen LogP contribution in [0.5, 0.6) is 0 Å². The Morgan fingerprint density at radius 2 is 1.35 bits per heavy atom. The van der Waals surface area contributed by atoms with Gasteiger partial charge >= 0.3 is 164 Å². The molecule has 0 bridgehead atoms. The first-order valence-corrected chi connectivity index (χ1v) is 11.1. The number of hydrogen-bond donors (Lipinski definition) is 0. The van der Waals surface area contributed by atoms with Crippen molar-refractivity contribution in [3.63, 3.8) is 0 Å². The van der Waals surface area contributed by atoms with Crippen molar-refractivity contribution in [1.29, 1.82) is 0 Å². The van der Waals surface area contributed by atoms with Gasteiger partial charge in [0.05, 0.1) is 0 Å². The van der Waals surface area contributed by atoms with Crippen LogP contribution in [-0.4, -0.2) is 15.0 Å². The molecule has 4 aromatic carbocycles. The molecule has 0 N–H and O–H groups in total. The third-order valence-electron chi connectivity index (χ3n) is 4.52. The fourth-order valence-corrected chi connectivity index (χ4v) is 7.12. The molecule has 1 heterocycles. The fraction of sp³-hybridized carbons (Fsp3) is 0. The summed E-state index contributed by atoms with van der Waals surface area (Å²) in [6.07, 6.45) is 0. The third kappa shape index (κ3) is 2.87. The van der Waals surface area contributed by atoms with Crippen LogP contribution in [0.3, 0.4) is 0 Å². The maximum atomic E-state index is 2.34. The molecule has 0 nitrogen and oxygen atoms in total. The predicted molar refractivity (Wildman–Crippen MR) is 116 cm³/mol. The number of rotatable bonds is 3. The summed E-state index contributed by atoms with van der Waals surface area (Å²) >= 11 is 2.21. The molecular weight excluding hydrogens is 399 g/mol. The normalized spacial score (nSPS) is 11.2. The summed E-state index contributed by atoms with van der Waals surface area (Å²) in [7, 11) is 0. The van der Waals surface area contributed by atoms with Crippen LogP contribution in [0.25, 0.3) is 31.3 Å². The second-order valence-corrected chi connectivity index (χ2v) is 9.56. The molecule has 0 saturated carbocycles. The van der Waals surface area contributed by atoms with Gasteiger partial charge < -0.3 is 0 Å². The van der Waals surface area contributed by atoms with E-state index >= 15 is 0 Å². The van der Waals surface area contributed by atoms with E-state index < -0.39 is 0 Å². The summed E-state index contributed by atoms with van der Waals surface area (Å²) < 4.78 is 4.30. The van der Waals surface area contributed by atoms with E-state index in [0.29, 0.717) is 15.0 Å². The molecule has 5 aromatic rings. The van der Waals surface area contributed by atoms with E-state index in [9.17, 15) is 0 Å². The predicted octanol–water partition coefficient (Wildman–Crippen LogP) is 5.38. The molecule has 0 saturated heterocycles. The number of benzene rings is 4. The van der Waals surface area contributed by atoms with Crippen LogP contribution in [0.2, 0.25) is 0 Å². The molecule has 0 atom stereocenters. The summed E-state index contributed by atoms with van der Waals surface area (Å²) in [5.41, 5.74) is 1.33. The Kier molecular flexibility index (Phi) is 4.10. The van der Waals surface area contributed by atoms with E-state index in [0.717, 1.165) is 0 Å². The first kappa shape index (κ1) is 15.8. The maximum absolute atomic E-state index is 2.34. The molecule has 5 rings (SSSR count). The first-order chi connectivity index (χ1) is 12.9. The quantitative estimate of drug-likeness (QED) is 0.347. The Morgan fingerprint density at radius 3 is 2.23 bits per heavy atom. The molecule has 2 heteroatoms. The molecule has 0 amide bonds. The van der Waals surface area contributed by atoms with Gasteiger partial charge in [0, 0.05) is 0 Å². The molecule has 0 radical (unpaired) electrons.